The average molecular weight is 424 g/mol. The molecule has 1 N–H and O–H groups in total. The van der Waals surface area contributed by atoms with E-state index in [1.807, 2.05) is 0 Å². The summed E-state index contributed by atoms with van der Waals surface area (Å²) in [7, 11) is 1.80. The first-order chi connectivity index (χ1) is 14.2. The molecule has 0 aromatic heterocycles. The molecular formula is C22H31ClFN3O2. The van der Waals surface area contributed by atoms with Crippen molar-refractivity contribution in [2.24, 2.45) is 4.99 Å². The smallest absolute Gasteiger partial charge is 0.193 e. The molecule has 3 fully saturated rings. The summed E-state index contributed by atoms with van der Waals surface area (Å²) in [6.07, 6.45) is 6.95. The van der Waals surface area contributed by atoms with E-state index in [-0.39, 0.29) is 23.9 Å². The Labute approximate surface area is 177 Å². The standard InChI is InChI=1S/C22H31ClFN3O2/c1-25-22(26-20-13-17(20)21-18(23)6-4-7-19(21)24)27-10-8-15(9-11-27)29-14-16-5-2-3-12-28-16/h4,6-7,15-17,20H,2-3,5,8-14H2,1H3,(H,25,26). The highest BCUT2D eigenvalue weighted by Gasteiger charge is 2.42. The molecule has 1 aromatic rings. The van der Waals surface area contributed by atoms with E-state index in [4.69, 9.17) is 21.1 Å². The molecule has 5 nitrogen and oxygen atoms in total. The second kappa shape index (κ2) is 9.63. The predicted molar refractivity (Wildman–Crippen MR) is 113 cm³/mol. The number of halogens is 2. The van der Waals surface area contributed by atoms with Gasteiger partial charge in [-0.05, 0) is 50.7 Å². The number of likely N-dealkylation sites (tertiary alicyclic amines) is 1. The van der Waals surface area contributed by atoms with Gasteiger partial charge >= 0.3 is 0 Å². The molecule has 1 aliphatic carbocycles. The number of aliphatic imine (C=N–C) groups is 1. The first-order valence-corrected chi connectivity index (χ1v) is 11.2. The minimum Gasteiger partial charge on any atom is -0.376 e. The molecular weight excluding hydrogens is 393 g/mol. The van der Waals surface area contributed by atoms with E-state index in [0.29, 0.717) is 23.3 Å². The second-order valence-electron chi connectivity index (χ2n) is 8.28. The molecule has 7 heteroatoms. The quantitative estimate of drug-likeness (QED) is 0.575. The molecule has 3 aliphatic rings. The fourth-order valence-corrected chi connectivity index (χ4v) is 4.72. The van der Waals surface area contributed by atoms with Gasteiger partial charge in [0.15, 0.2) is 5.96 Å². The number of ether oxygens (including phenoxy) is 2. The number of nitrogens with one attached hydrogen (secondary N) is 1. The van der Waals surface area contributed by atoms with Crippen molar-refractivity contribution in [3.8, 4) is 0 Å². The van der Waals surface area contributed by atoms with Gasteiger partial charge in [-0.3, -0.25) is 4.99 Å². The maximum absolute atomic E-state index is 14.2. The van der Waals surface area contributed by atoms with E-state index < -0.39 is 0 Å². The maximum Gasteiger partial charge on any atom is 0.193 e. The third kappa shape index (κ3) is 5.22. The number of guanidine groups is 1. The van der Waals surface area contributed by atoms with Crippen molar-refractivity contribution in [1.29, 1.82) is 0 Å². The van der Waals surface area contributed by atoms with Gasteiger partial charge in [0.25, 0.3) is 0 Å². The molecule has 2 saturated heterocycles. The van der Waals surface area contributed by atoms with Crippen LogP contribution in [-0.2, 0) is 9.47 Å². The molecule has 29 heavy (non-hydrogen) atoms. The fraction of sp³-hybridized carbons (Fsp3) is 0.682. The third-order valence-corrected chi connectivity index (χ3v) is 6.55. The summed E-state index contributed by atoms with van der Waals surface area (Å²) in [5.41, 5.74) is 0.624. The van der Waals surface area contributed by atoms with Crippen LogP contribution in [0, 0.1) is 5.82 Å². The van der Waals surface area contributed by atoms with E-state index in [9.17, 15) is 4.39 Å². The van der Waals surface area contributed by atoms with Gasteiger partial charge in [-0.15, -0.1) is 0 Å². The lowest BCUT2D eigenvalue weighted by molar-refractivity contribution is -0.0721. The molecule has 3 atom stereocenters. The van der Waals surface area contributed by atoms with Gasteiger partial charge in [-0.1, -0.05) is 17.7 Å². The SMILES string of the molecule is CN=C(NC1CC1c1c(F)cccc1Cl)N1CCC(OCC2CCCCO2)CC1. The number of benzene rings is 1. The Balaban J connectivity index is 1.23. The van der Waals surface area contributed by atoms with Gasteiger partial charge in [-0.25, -0.2) is 4.39 Å². The van der Waals surface area contributed by atoms with Crippen LogP contribution in [0.15, 0.2) is 23.2 Å². The van der Waals surface area contributed by atoms with Crippen molar-refractivity contribution in [1.82, 2.24) is 10.2 Å². The van der Waals surface area contributed by atoms with Crippen LogP contribution in [0.2, 0.25) is 5.02 Å². The molecule has 0 radical (unpaired) electrons. The van der Waals surface area contributed by atoms with Crippen LogP contribution in [0.5, 0.6) is 0 Å². The monoisotopic (exact) mass is 423 g/mol. The van der Waals surface area contributed by atoms with Crippen LogP contribution in [0.4, 0.5) is 4.39 Å². The minimum atomic E-state index is -0.221. The van der Waals surface area contributed by atoms with E-state index in [1.54, 1.807) is 19.2 Å². The predicted octanol–water partition coefficient (Wildman–Crippen LogP) is 3.96. The summed E-state index contributed by atoms with van der Waals surface area (Å²) in [6.45, 7) is 3.40. The topological polar surface area (TPSA) is 46.1 Å². The number of hydrogen-bond acceptors (Lipinski definition) is 3. The van der Waals surface area contributed by atoms with Crippen molar-refractivity contribution in [3.63, 3.8) is 0 Å². The molecule has 0 bridgehead atoms. The number of rotatable bonds is 5. The largest absolute Gasteiger partial charge is 0.376 e. The Hall–Kier alpha value is -1.37. The molecule has 1 saturated carbocycles. The van der Waals surface area contributed by atoms with Gasteiger partial charge in [0.1, 0.15) is 5.82 Å². The zero-order chi connectivity index (χ0) is 20.2. The number of piperidine rings is 1. The Morgan fingerprint density at radius 3 is 2.83 bits per heavy atom. The number of nitrogens with zero attached hydrogens (tertiary/aromatic N) is 2. The molecule has 4 rings (SSSR count). The van der Waals surface area contributed by atoms with Crippen LogP contribution >= 0.6 is 11.6 Å². The lowest BCUT2D eigenvalue weighted by atomic mass is 10.1. The fourth-order valence-electron chi connectivity index (χ4n) is 4.42. The van der Waals surface area contributed by atoms with Gasteiger partial charge < -0.3 is 19.7 Å². The lowest BCUT2D eigenvalue weighted by Gasteiger charge is -2.35. The molecule has 3 unspecified atom stereocenters. The van der Waals surface area contributed by atoms with Crippen molar-refractivity contribution in [2.75, 3.05) is 33.4 Å². The van der Waals surface area contributed by atoms with Gasteiger partial charge in [0.2, 0.25) is 0 Å². The Morgan fingerprint density at radius 2 is 2.14 bits per heavy atom. The first kappa shape index (κ1) is 20.9. The van der Waals surface area contributed by atoms with Gasteiger partial charge in [0, 0.05) is 49.3 Å². The summed E-state index contributed by atoms with van der Waals surface area (Å²) in [5, 5.41) is 4.01. The minimum absolute atomic E-state index is 0.108. The summed E-state index contributed by atoms with van der Waals surface area (Å²) in [4.78, 5) is 6.73. The van der Waals surface area contributed by atoms with Crippen LogP contribution < -0.4 is 5.32 Å². The normalized spacial score (nSPS) is 28.4. The van der Waals surface area contributed by atoms with Crippen molar-refractivity contribution >= 4 is 17.6 Å². The zero-order valence-corrected chi connectivity index (χ0v) is 17.8. The molecule has 2 heterocycles. The third-order valence-electron chi connectivity index (χ3n) is 6.22. The molecule has 0 spiro atoms. The summed E-state index contributed by atoms with van der Waals surface area (Å²) in [6, 6.07) is 5.07. The Morgan fingerprint density at radius 1 is 1.31 bits per heavy atom. The number of hydrogen-bond donors (Lipinski definition) is 1. The van der Waals surface area contributed by atoms with Crippen molar-refractivity contribution in [3.05, 3.63) is 34.6 Å². The van der Waals surface area contributed by atoms with Crippen molar-refractivity contribution < 1.29 is 13.9 Å². The van der Waals surface area contributed by atoms with Crippen molar-refractivity contribution in [2.45, 2.75) is 62.7 Å². The van der Waals surface area contributed by atoms with Crippen LogP contribution in [-0.4, -0.2) is 62.5 Å². The van der Waals surface area contributed by atoms with E-state index in [0.717, 1.165) is 51.3 Å². The second-order valence-corrected chi connectivity index (χ2v) is 8.69. The summed E-state index contributed by atoms with van der Waals surface area (Å²) < 4.78 is 26.0. The highest BCUT2D eigenvalue weighted by atomic mass is 35.5. The molecule has 2 aliphatic heterocycles. The molecule has 160 valence electrons. The Kier molecular flexibility index (Phi) is 6.93. The maximum atomic E-state index is 14.2. The van der Waals surface area contributed by atoms with Crippen LogP contribution in [0.3, 0.4) is 0 Å². The highest BCUT2D eigenvalue weighted by Crippen LogP contribution is 2.45. The molecule has 0 amide bonds. The zero-order valence-electron chi connectivity index (χ0n) is 17.1. The Bertz CT molecular complexity index is 698. The van der Waals surface area contributed by atoms with Crippen LogP contribution in [0.1, 0.15) is 50.0 Å². The van der Waals surface area contributed by atoms with Gasteiger partial charge in [0.05, 0.1) is 18.8 Å². The lowest BCUT2D eigenvalue weighted by Crippen LogP contribution is -2.48. The summed E-state index contributed by atoms with van der Waals surface area (Å²) >= 11 is 6.22. The molecule has 1 aromatic carbocycles. The summed E-state index contributed by atoms with van der Waals surface area (Å²) in [5.74, 6) is 0.775. The van der Waals surface area contributed by atoms with E-state index >= 15 is 0 Å². The van der Waals surface area contributed by atoms with E-state index in [2.05, 4.69) is 15.2 Å². The van der Waals surface area contributed by atoms with Gasteiger partial charge in [-0.2, -0.15) is 0 Å². The van der Waals surface area contributed by atoms with Crippen LogP contribution in [0.25, 0.3) is 0 Å². The highest BCUT2D eigenvalue weighted by molar-refractivity contribution is 6.31. The average Bonchev–Trinajstić information content (AvgIpc) is 3.50. The first-order valence-electron chi connectivity index (χ1n) is 10.8. The van der Waals surface area contributed by atoms with E-state index in [1.165, 1.54) is 18.9 Å².